The van der Waals surface area contributed by atoms with Crippen molar-refractivity contribution >= 4 is 22.7 Å². The molecular weight excluding hydrogens is 386 g/mol. The lowest BCUT2D eigenvalue weighted by molar-refractivity contribution is -0.122. The predicted octanol–water partition coefficient (Wildman–Crippen LogP) is 5.05. The fraction of sp³-hybridized carbons (Fsp3) is 0.385. The van der Waals surface area contributed by atoms with Crippen molar-refractivity contribution in [1.82, 2.24) is 15.2 Å². The number of fused-ring (bicyclic) bond motifs is 2. The van der Waals surface area contributed by atoms with Gasteiger partial charge in [-0.3, -0.25) is 9.59 Å². The maximum absolute atomic E-state index is 13.2. The Bertz CT molecular complexity index is 1070. The number of carbonyl (C=O) groups excluding carboxylic acids is 2. The third kappa shape index (κ3) is 4.22. The molecule has 0 saturated heterocycles. The van der Waals surface area contributed by atoms with Crippen LogP contribution in [0.25, 0.3) is 10.9 Å². The van der Waals surface area contributed by atoms with Crippen LogP contribution in [0, 0.1) is 5.92 Å². The molecular formula is C26H31N3O2. The van der Waals surface area contributed by atoms with Crippen LogP contribution in [0.2, 0.25) is 0 Å². The van der Waals surface area contributed by atoms with Crippen molar-refractivity contribution in [2.24, 2.45) is 5.92 Å². The van der Waals surface area contributed by atoms with E-state index in [1.165, 1.54) is 6.42 Å². The topological polar surface area (TPSA) is 65.2 Å². The Morgan fingerprint density at radius 2 is 1.87 bits per heavy atom. The van der Waals surface area contributed by atoms with Crippen LogP contribution in [-0.2, 0) is 4.79 Å². The Labute approximate surface area is 183 Å². The second-order valence-corrected chi connectivity index (χ2v) is 8.43. The molecule has 2 amide bonds. The molecule has 0 radical (unpaired) electrons. The molecule has 0 fully saturated rings. The highest BCUT2D eigenvalue weighted by Gasteiger charge is 2.39. The summed E-state index contributed by atoms with van der Waals surface area (Å²) in [5.74, 6) is 0.305. The highest BCUT2D eigenvalue weighted by molar-refractivity contribution is 6.02. The number of hydrogen-bond acceptors (Lipinski definition) is 2. The normalized spacial score (nSPS) is 16.5. The second-order valence-electron chi connectivity index (χ2n) is 8.43. The van der Waals surface area contributed by atoms with Crippen molar-refractivity contribution < 1.29 is 9.59 Å². The van der Waals surface area contributed by atoms with Crippen LogP contribution < -0.4 is 5.32 Å². The van der Waals surface area contributed by atoms with Gasteiger partial charge in [-0.15, -0.1) is 0 Å². The fourth-order valence-electron chi connectivity index (χ4n) is 4.60. The molecule has 5 heteroatoms. The largest absolute Gasteiger partial charge is 0.361 e. The smallest absolute Gasteiger partial charge is 0.255 e. The lowest BCUT2D eigenvalue weighted by Crippen LogP contribution is -2.41. The summed E-state index contributed by atoms with van der Waals surface area (Å²) in [5.41, 5.74) is 3.69. The molecule has 31 heavy (non-hydrogen) atoms. The zero-order valence-electron chi connectivity index (χ0n) is 18.4. The van der Waals surface area contributed by atoms with Gasteiger partial charge in [0.1, 0.15) is 6.54 Å². The highest BCUT2D eigenvalue weighted by atomic mass is 16.2. The van der Waals surface area contributed by atoms with Gasteiger partial charge in [0.15, 0.2) is 0 Å². The maximum Gasteiger partial charge on any atom is 0.255 e. The van der Waals surface area contributed by atoms with Gasteiger partial charge >= 0.3 is 0 Å². The first-order valence-corrected chi connectivity index (χ1v) is 11.4. The van der Waals surface area contributed by atoms with Crippen LogP contribution in [-0.4, -0.2) is 34.8 Å². The van der Waals surface area contributed by atoms with Gasteiger partial charge in [0.25, 0.3) is 5.91 Å². The number of para-hydroxylation sites is 1. The Hall–Kier alpha value is -3.08. The summed E-state index contributed by atoms with van der Waals surface area (Å²) in [5, 5.41) is 4.16. The van der Waals surface area contributed by atoms with Crippen molar-refractivity contribution in [2.75, 3.05) is 13.1 Å². The monoisotopic (exact) mass is 417 g/mol. The molecule has 0 saturated carbocycles. The van der Waals surface area contributed by atoms with E-state index < -0.39 is 0 Å². The third-order valence-corrected chi connectivity index (χ3v) is 6.42. The Morgan fingerprint density at radius 3 is 2.68 bits per heavy atom. The molecule has 0 unspecified atom stereocenters. The molecule has 1 aliphatic rings. The van der Waals surface area contributed by atoms with Gasteiger partial charge in [0, 0.05) is 34.8 Å². The first-order chi connectivity index (χ1) is 15.1. The van der Waals surface area contributed by atoms with Crippen LogP contribution in [0.3, 0.4) is 0 Å². The van der Waals surface area contributed by atoms with Crippen molar-refractivity contribution in [1.29, 1.82) is 0 Å². The van der Waals surface area contributed by atoms with Gasteiger partial charge in [-0.1, -0.05) is 69.5 Å². The minimum atomic E-state index is -0.271. The van der Waals surface area contributed by atoms with Crippen LogP contribution in [0.5, 0.6) is 0 Å². The summed E-state index contributed by atoms with van der Waals surface area (Å²) < 4.78 is 0. The number of aromatic amines is 1. The average molecular weight is 418 g/mol. The highest BCUT2D eigenvalue weighted by Crippen LogP contribution is 2.40. The summed E-state index contributed by atoms with van der Waals surface area (Å²) in [4.78, 5) is 31.1. The van der Waals surface area contributed by atoms with E-state index in [2.05, 4.69) is 30.2 Å². The zero-order valence-corrected chi connectivity index (χ0v) is 18.4. The molecule has 4 rings (SSSR count). The Morgan fingerprint density at radius 1 is 1.10 bits per heavy atom. The van der Waals surface area contributed by atoms with Gasteiger partial charge in [-0.25, -0.2) is 0 Å². The van der Waals surface area contributed by atoms with Gasteiger partial charge < -0.3 is 15.2 Å². The van der Waals surface area contributed by atoms with E-state index in [4.69, 9.17) is 0 Å². The first kappa shape index (κ1) is 21.2. The van der Waals surface area contributed by atoms with E-state index in [1.54, 1.807) is 4.90 Å². The Balaban J connectivity index is 1.57. The molecule has 2 aromatic carbocycles. The quantitative estimate of drug-likeness (QED) is 0.512. The summed E-state index contributed by atoms with van der Waals surface area (Å²) in [6.45, 7) is 5.08. The first-order valence-electron chi connectivity index (χ1n) is 11.4. The number of carbonyl (C=O) groups is 2. The van der Waals surface area contributed by atoms with Gasteiger partial charge in [0.05, 0.1) is 6.04 Å². The van der Waals surface area contributed by atoms with E-state index in [-0.39, 0.29) is 24.4 Å². The lowest BCUT2D eigenvalue weighted by atomic mass is 9.97. The summed E-state index contributed by atoms with van der Waals surface area (Å²) >= 11 is 0. The number of aromatic nitrogens is 1. The van der Waals surface area contributed by atoms with Crippen LogP contribution in [0.4, 0.5) is 0 Å². The SMILES string of the molecule is CCCC[C@@H](CC)CNC(=O)CN1C(=O)c2ccccc2[C@@H]1c1c[nH]c2ccccc12. The van der Waals surface area contributed by atoms with Crippen molar-refractivity contribution in [3.63, 3.8) is 0 Å². The van der Waals surface area contributed by atoms with E-state index >= 15 is 0 Å². The fourth-order valence-corrected chi connectivity index (χ4v) is 4.60. The van der Waals surface area contributed by atoms with Crippen molar-refractivity contribution in [2.45, 2.75) is 45.6 Å². The number of unbranched alkanes of at least 4 members (excludes halogenated alkanes) is 1. The number of nitrogens with zero attached hydrogens (tertiary/aromatic N) is 1. The number of nitrogens with one attached hydrogen (secondary N) is 2. The number of benzene rings is 2. The molecule has 5 nitrogen and oxygen atoms in total. The lowest BCUT2D eigenvalue weighted by Gasteiger charge is -2.25. The van der Waals surface area contributed by atoms with Gasteiger partial charge in [-0.05, 0) is 30.0 Å². The standard InChI is InChI=1S/C26H31N3O2/c1-3-5-10-18(4-2)15-28-24(30)17-29-25(20-12-6-7-13-21(20)26(29)31)22-16-27-23-14-9-8-11-19(22)23/h6-9,11-14,16,18,25,27H,3-5,10,15,17H2,1-2H3,(H,28,30)/t18-,25-/m1/s1. The van der Waals surface area contributed by atoms with E-state index in [9.17, 15) is 9.59 Å². The second kappa shape index (κ2) is 9.38. The minimum absolute atomic E-state index is 0.0574. The van der Waals surface area contributed by atoms with Crippen LogP contribution in [0.1, 0.15) is 67.1 Å². The average Bonchev–Trinajstić information content (AvgIpc) is 3.33. The number of amides is 2. The molecule has 162 valence electrons. The van der Waals surface area contributed by atoms with Crippen molar-refractivity contribution in [3.8, 4) is 0 Å². The van der Waals surface area contributed by atoms with E-state index in [1.807, 2.05) is 48.7 Å². The Kier molecular flexibility index (Phi) is 6.40. The number of H-pyrrole nitrogens is 1. The maximum atomic E-state index is 13.2. The van der Waals surface area contributed by atoms with Crippen molar-refractivity contribution in [3.05, 3.63) is 71.4 Å². The molecule has 0 spiro atoms. The molecule has 0 bridgehead atoms. The molecule has 1 aromatic heterocycles. The number of rotatable bonds is 9. The summed E-state index contributed by atoms with van der Waals surface area (Å²) in [7, 11) is 0. The zero-order chi connectivity index (χ0) is 21.8. The molecule has 3 aromatic rings. The molecule has 2 atom stereocenters. The van der Waals surface area contributed by atoms with Crippen LogP contribution >= 0.6 is 0 Å². The summed E-state index contributed by atoms with van der Waals surface area (Å²) in [6, 6.07) is 15.5. The van der Waals surface area contributed by atoms with Gasteiger partial charge in [-0.2, -0.15) is 0 Å². The molecule has 2 heterocycles. The number of hydrogen-bond donors (Lipinski definition) is 2. The molecule has 2 N–H and O–H groups in total. The molecule has 0 aliphatic carbocycles. The third-order valence-electron chi connectivity index (χ3n) is 6.42. The predicted molar refractivity (Wildman–Crippen MR) is 124 cm³/mol. The van der Waals surface area contributed by atoms with Gasteiger partial charge in [0.2, 0.25) is 5.91 Å². The van der Waals surface area contributed by atoms with E-state index in [0.29, 0.717) is 18.0 Å². The van der Waals surface area contributed by atoms with Crippen LogP contribution in [0.15, 0.2) is 54.7 Å². The molecule has 1 aliphatic heterocycles. The summed E-state index contributed by atoms with van der Waals surface area (Å²) in [6.07, 6.45) is 6.48. The minimum Gasteiger partial charge on any atom is -0.361 e. The van der Waals surface area contributed by atoms with E-state index in [0.717, 1.165) is 41.3 Å².